The molecule has 2 aromatic rings. The van der Waals surface area contributed by atoms with Crippen molar-refractivity contribution in [3.05, 3.63) is 64.2 Å². The highest BCUT2D eigenvalue weighted by molar-refractivity contribution is 5.98. The lowest BCUT2D eigenvalue weighted by Gasteiger charge is -2.17. The first kappa shape index (κ1) is 17.7. The Kier molecular flexibility index (Phi) is 5.39. The molecule has 0 aliphatic rings. The van der Waals surface area contributed by atoms with Gasteiger partial charge in [-0.05, 0) is 57.9 Å². The third-order valence-corrected chi connectivity index (χ3v) is 3.87. The van der Waals surface area contributed by atoms with E-state index in [1.54, 1.807) is 19.1 Å². The molecule has 0 saturated carbocycles. The molecule has 24 heavy (non-hydrogen) atoms. The maximum absolute atomic E-state index is 12.3. The zero-order valence-corrected chi connectivity index (χ0v) is 14.8. The van der Waals surface area contributed by atoms with E-state index < -0.39 is 12.1 Å². The average molecular weight is 325 g/mol. The van der Waals surface area contributed by atoms with E-state index in [0.29, 0.717) is 5.56 Å². The van der Waals surface area contributed by atoms with Crippen LogP contribution in [0.2, 0.25) is 0 Å². The fourth-order valence-corrected chi connectivity index (χ4v) is 2.57. The number of hydrogen-bond acceptors (Lipinski definition) is 3. The van der Waals surface area contributed by atoms with E-state index in [1.807, 2.05) is 52.0 Å². The van der Waals surface area contributed by atoms with Crippen molar-refractivity contribution in [2.24, 2.45) is 0 Å². The first-order valence-corrected chi connectivity index (χ1v) is 7.94. The van der Waals surface area contributed by atoms with Crippen LogP contribution in [0, 0.1) is 27.7 Å². The maximum Gasteiger partial charge on any atom is 0.338 e. The van der Waals surface area contributed by atoms with E-state index in [-0.39, 0.29) is 5.91 Å². The summed E-state index contributed by atoms with van der Waals surface area (Å²) in [4.78, 5) is 24.4. The van der Waals surface area contributed by atoms with Gasteiger partial charge in [0.2, 0.25) is 0 Å². The van der Waals surface area contributed by atoms with Crippen molar-refractivity contribution in [2.75, 3.05) is 5.32 Å². The van der Waals surface area contributed by atoms with E-state index in [1.165, 1.54) is 0 Å². The molecule has 0 aliphatic carbocycles. The van der Waals surface area contributed by atoms with Gasteiger partial charge in [-0.2, -0.15) is 0 Å². The molecule has 0 fully saturated rings. The second-order valence-corrected chi connectivity index (χ2v) is 6.18. The minimum absolute atomic E-state index is 0.342. The van der Waals surface area contributed by atoms with E-state index >= 15 is 0 Å². The van der Waals surface area contributed by atoms with Crippen molar-refractivity contribution >= 4 is 17.6 Å². The number of carbonyl (C=O) groups excluding carboxylic acids is 2. The first-order valence-electron chi connectivity index (χ1n) is 7.94. The van der Waals surface area contributed by atoms with Crippen LogP contribution in [0.1, 0.15) is 39.5 Å². The molecule has 126 valence electrons. The van der Waals surface area contributed by atoms with Crippen molar-refractivity contribution < 1.29 is 14.3 Å². The Labute approximate surface area is 142 Å². The van der Waals surface area contributed by atoms with Crippen LogP contribution < -0.4 is 5.32 Å². The van der Waals surface area contributed by atoms with Gasteiger partial charge >= 0.3 is 5.97 Å². The molecule has 0 unspecified atom stereocenters. The van der Waals surface area contributed by atoms with E-state index in [2.05, 4.69) is 5.32 Å². The number of benzene rings is 2. The second kappa shape index (κ2) is 7.30. The van der Waals surface area contributed by atoms with Gasteiger partial charge in [-0.25, -0.2) is 4.79 Å². The lowest BCUT2D eigenvalue weighted by molar-refractivity contribution is -0.123. The molecule has 0 bridgehead atoms. The van der Waals surface area contributed by atoms with E-state index in [9.17, 15) is 9.59 Å². The van der Waals surface area contributed by atoms with Gasteiger partial charge in [0.05, 0.1) is 5.56 Å². The zero-order valence-electron chi connectivity index (χ0n) is 14.8. The molecule has 0 aromatic heterocycles. The molecule has 4 nitrogen and oxygen atoms in total. The van der Waals surface area contributed by atoms with Crippen LogP contribution in [0.3, 0.4) is 0 Å². The van der Waals surface area contributed by atoms with Crippen molar-refractivity contribution in [1.82, 2.24) is 0 Å². The predicted octanol–water partition coefficient (Wildman–Crippen LogP) is 4.10. The van der Waals surface area contributed by atoms with Gasteiger partial charge in [0.25, 0.3) is 5.91 Å². The summed E-state index contributed by atoms with van der Waals surface area (Å²) in [6, 6.07) is 11.1. The molecule has 0 aliphatic heterocycles. The molecule has 0 spiro atoms. The minimum Gasteiger partial charge on any atom is -0.449 e. The van der Waals surface area contributed by atoms with Crippen LogP contribution in [-0.2, 0) is 9.53 Å². The van der Waals surface area contributed by atoms with Crippen LogP contribution in [-0.4, -0.2) is 18.0 Å². The topological polar surface area (TPSA) is 55.4 Å². The molecule has 1 atom stereocenters. The number of anilines is 1. The summed E-state index contributed by atoms with van der Waals surface area (Å²) in [5, 5.41) is 2.86. The van der Waals surface area contributed by atoms with Crippen molar-refractivity contribution in [2.45, 2.75) is 40.7 Å². The van der Waals surface area contributed by atoms with Crippen LogP contribution in [0.5, 0.6) is 0 Å². The van der Waals surface area contributed by atoms with Gasteiger partial charge < -0.3 is 10.1 Å². The average Bonchev–Trinajstić information content (AvgIpc) is 2.51. The molecule has 1 amide bonds. The molecule has 1 N–H and O–H groups in total. The zero-order chi connectivity index (χ0) is 17.9. The molecular formula is C20H23NO3. The van der Waals surface area contributed by atoms with Crippen LogP contribution in [0.4, 0.5) is 5.69 Å². The number of ether oxygens (including phenoxy) is 1. The standard InChI is InChI=1S/C20H23NO3/c1-12-6-8-17(9-7-12)20(23)24-16(5)19(22)21-18-14(3)10-13(2)11-15(18)4/h6-11,16H,1-5H3,(H,21,22)/t16-/m0/s1. The molecule has 0 radical (unpaired) electrons. The number of carbonyl (C=O) groups is 2. The smallest absolute Gasteiger partial charge is 0.338 e. The minimum atomic E-state index is -0.876. The van der Waals surface area contributed by atoms with Gasteiger partial charge in [-0.15, -0.1) is 0 Å². The summed E-state index contributed by atoms with van der Waals surface area (Å²) in [6.45, 7) is 9.41. The number of amides is 1. The summed E-state index contributed by atoms with van der Waals surface area (Å²) >= 11 is 0. The second-order valence-electron chi connectivity index (χ2n) is 6.18. The summed E-state index contributed by atoms with van der Waals surface area (Å²) in [6.07, 6.45) is -0.876. The summed E-state index contributed by atoms with van der Waals surface area (Å²) in [5.41, 5.74) is 5.37. The number of nitrogens with one attached hydrogen (secondary N) is 1. The Bertz CT molecular complexity index is 740. The van der Waals surface area contributed by atoms with Gasteiger partial charge in [0.1, 0.15) is 0 Å². The maximum atomic E-state index is 12.3. The molecule has 2 aromatic carbocycles. The number of hydrogen-bond donors (Lipinski definition) is 1. The Morgan fingerprint density at radius 2 is 1.46 bits per heavy atom. The van der Waals surface area contributed by atoms with Gasteiger partial charge in [-0.3, -0.25) is 4.79 Å². The Morgan fingerprint density at radius 3 is 2.00 bits per heavy atom. The molecule has 0 saturated heterocycles. The SMILES string of the molecule is Cc1ccc(C(=O)O[C@@H](C)C(=O)Nc2c(C)cc(C)cc2C)cc1. The van der Waals surface area contributed by atoms with Crippen molar-refractivity contribution in [3.8, 4) is 0 Å². The highest BCUT2D eigenvalue weighted by atomic mass is 16.5. The lowest BCUT2D eigenvalue weighted by Crippen LogP contribution is -2.30. The largest absolute Gasteiger partial charge is 0.449 e. The van der Waals surface area contributed by atoms with Gasteiger partial charge in [0, 0.05) is 5.69 Å². The Morgan fingerprint density at radius 1 is 0.917 bits per heavy atom. The third-order valence-electron chi connectivity index (χ3n) is 3.87. The highest BCUT2D eigenvalue weighted by Crippen LogP contribution is 2.22. The molecule has 4 heteroatoms. The number of rotatable bonds is 4. The highest BCUT2D eigenvalue weighted by Gasteiger charge is 2.20. The quantitative estimate of drug-likeness (QED) is 0.861. The molecular weight excluding hydrogens is 302 g/mol. The van der Waals surface area contributed by atoms with E-state index in [4.69, 9.17) is 4.74 Å². The molecule has 0 heterocycles. The summed E-state index contributed by atoms with van der Waals surface area (Å²) in [5.74, 6) is -0.847. The number of aryl methyl sites for hydroxylation is 4. The number of esters is 1. The molecule has 2 rings (SSSR count). The van der Waals surface area contributed by atoms with Crippen molar-refractivity contribution in [3.63, 3.8) is 0 Å². The summed E-state index contributed by atoms with van der Waals surface area (Å²) in [7, 11) is 0. The fraction of sp³-hybridized carbons (Fsp3) is 0.300. The van der Waals surface area contributed by atoms with Crippen LogP contribution in [0.15, 0.2) is 36.4 Å². The van der Waals surface area contributed by atoms with E-state index in [0.717, 1.165) is 27.9 Å². The third kappa shape index (κ3) is 4.22. The Hall–Kier alpha value is -2.62. The lowest BCUT2D eigenvalue weighted by atomic mass is 10.0. The summed E-state index contributed by atoms with van der Waals surface area (Å²) < 4.78 is 5.26. The fourth-order valence-electron chi connectivity index (χ4n) is 2.57. The van der Waals surface area contributed by atoms with Gasteiger partial charge in [-0.1, -0.05) is 35.4 Å². The predicted molar refractivity (Wildman–Crippen MR) is 95.3 cm³/mol. The van der Waals surface area contributed by atoms with Crippen LogP contribution in [0.25, 0.3) is 0 Å². The Balaban J connectivity index is 2.05. The first-order chi connectivity index (χ1) is 11.3. The van der Waals surface area contributed by atoms with Crippen LogP contribution >= 0.6 is 0 Å². The van der Waals surface area contributed by atoms with Crippen molar-refractivity contribution in [1.29, 1.82) is 0 Å². The normalized spacial score (nSPS) is 11.7. The monoisotopic (exact) mass is 325 g/mol. The van der Waals surface area contributed by atoms with Gasteiger partial charge in [0.15, 0.2) is 6.10 Å².